The zero-order chi connectivity index (χ0) is 50.1. The van der Waals surface area contributed by atoms with Crippen molar-refractivity contribution in [3.05, 3.63) is 0 Å². The Kier molecular flexibility index (Phi) is 43.0. The molecule has 10 aliphatic rings. The van der Waals surface area contributed by atoms with Gasteiger partial charge in [-0.05, 0) is 152 Å². The predicted octanol–water partition coefficient (Wildman–Crippen LogP) is 18.5. The summed E-state index contributed by atoms with van der Waals surface area (Å²) in [6, 6.07) is 0. The lowest BCUT2D eigenvalue weighted by atomic mass is 9.88. The van der Waals surface area contributed by atoms with Gasteiger partial charge < -0.3 is 15.4 Å². The van der Waals surface area contributed by atoms with Crippen LogP contribution in [0.5, 0.6) is 0 Å². The summed E-state index contributed by atoms with van der Waals surface area (Å²) >= 11 is 0. The summed E-state index contributed by atoms with van der Waals surface area (Å²) in [6.45, 7) is 30.0. The van der Waals surface area contributed by atoms with Crippen molar-refractivity contribution in [3.63, 3.8) is 0 Å². The third-order valence-corrected chi connectivity index (χ3v) is 18.8. The van der Waals surface area contributed by atoms with Gasteiger partial charge >= 0.3 is 0 Å². The van der Waals surface area contributed by atoms with E-state index in [0.29, 0.717) is 0 Å². The van der Waals surface area contributed by atoms with Gasteiger partial charge in [0, 0.05) is 24.7 Å². The average molecular weight is 978 g/mol. The molecule has 4 nitrogen and oxygen atoms in total. The van der Waals surface area contributed by atoms with Crippen molar-refractivity contribution in [1.82, 2.24) is 10.6 Å². The summed E-state index contributed by atoms with van der Waals surface area (Å²) in [4.78, 5) is 0. The smallest absolute Gasteiger partial charge is 0.0491 e. The molecule has 4 heterocycles. The lowest BCUT2D eigenvalue weighted by molar-refractivity contribution is 0.0616. The van der Waals surface area contributed by atoms with Crippen LogP contribution < -0.4 is 10.6 Å². The van der Waals surface area contributed by atoms with Gasteiger partial charge in [0.25, 0.3) is 0 Å². The fourth-order valence-corrected chi connectivity index (χ4v) is 12.7. The van der Waals surface area contributed by atoms with E-state index in [1.54, 1.807) is 0 Å². The second-order valence-electron chi connectivity index (χ2n) is 25.3. The van der Waals surface area contributed by atoms with E-state index in [1.807, 2.05) is 0 Å². The van der Waals surface area contributed by atoms with Crippen LogP contribution in [-0.4, -0.2) is 61.0 Å². The minimum Gasteiger partial charge on any atom is -0.381 e. The summed E-state index contributed by atoms with van der Waals surface area (Å²) < 4.78 is 16.4. The Morgan fingerprint density at radius 1 is 0.324 bits per heavy atom. The number of nitrogens with one attached hydrogen (secondary N) is 2. The molecule has 0 unspecified atom stereocenters. The van der Waals surface area contributed by atoms with Crippen LogP contribution in [0, 0.1) is 59.2 Å². The van der Waals surface area contributed by atoms with E-state index in [4.69, 9.17) is 4.74 Å². The third kappa shape index (κ3) is 43.5. The number of hydrogen-bond acceptors (Lipinski definition) is 4. The summed E-state index contributed by atoms with van der Waals surface area (Å²) in [6.07, 6.45) is 49.1. The van der Waals surface area contributed by atoms with Gasteiger partial charge in [0.15, 0.2) is 0 Å². The highest BCUT2D eigenvalue weighted by atomic mass is 32.2. The first kappa shape index (κ1) is 65.9. The molecule has 0 spiro atoms. The predicted molar refractivity (Wildman–Crippen MR) is 310 cm³/mol. The van der Waals surface area contributed by atoms with Crippen LogP contribution in [-0.2, 0) is 14.3 Å². The van der Waals surface area contributed by atoms with Crippen molar-refractivity contribution in [1.29, 1.82) is 0 Å². The quantitative estimate of drug-likeness (QED) is 0.238. The Bertz CT molecular complexity index is 972. The van der Waals surface area contributed by atoms with E-state index in [-0.39, 0.29) is 0 Å². The van der Waals surface area contributed by atoms with Gasteiger partial charge in [0.2, 0.25) is 0 Å². The van der Waals surface area contributed by atoms with E-state index in [0.717, 1.165) is 96.7 Å². The molecule has 0 aromatic heterocycles. The van der Waals surface area contributed by atoms with E-state index in [2.05, 4.69) is 85.7 Å². The van der Waals surface area contributed by atoms with Gasteiger partial charge in [-0.25, -0.2) is 0 Å². The van der Waals surface area contributed by atoms with Crippen LogP contribution in [0.3, 0.4) is 0 Å². The molecule has 4 saturated heterocycles. The van der Waals surface area contributed by atoms with Crippen molar-refractivity contribution in [2.45, 2.75) is 288 Å². The van der Waals surface area contributed by atoms with E-state index in [1.165, 1.54) is 232 Å². The molecule has 6 aliphatic carbocycles. The summed E-state index contributed by atoms with van der Waals surface area (Å²) in [5.41, 5.74) is 0. The van der Waals surface area contributed by atoms with Crippen molar-refractivity contribution in [2.24, 2.45) is 59.2 Å². The SMILES string of the molecule is C=S1(=O)CCC(C)CC1.CC1CCC1.CC1CCCC1.CC1CCCC1.CC1CCCCC1.CC1CCCCC1.CC1CCCCC1.C[C@@H]1CCCNC1.C[C@@H]1CCCNC1.C[C@@H]1CCCOC1. The number of hydrogen-bond donors (Lipinski definition) is 2. The molecule has 10 fully saturated rings. The number of rotatable bonds is 0. The number of ether oxygens (including phenoxy) is 1. The van der Waals surface area contributed by atoms with Crippen LogP contribution >= 0.6 is 0 Å². The molecule has 5 heteroatoms. The zero-order valence-corrected chi connectivity index (χ0v) is 49.2. The normalized spacial score (nSPS) is 30.3. The lowest BCUT2D eigenvalue weighted by Gasteiger charge is -2.20. The maximum absolute atomic E-state index is 11.2. The molecule has 0 radical (unpaired) electrons. The molecular formula is C63H128N2O2S. The van der Waals surface area contributed by atoms with Crippen LogP contribution in [0.4, 0.5) is 0 Å². The van der Waals surface area contributed by atoms with Crippen LogP contribution in [0.1, 0.15) is 288 Å². The average Bonchev–Trinajstić information content (AvgIpc) is 4.03. The van der Waals surface area contributed by atoms with Gasteiger partial charge in [-0.15, -0.1) is 0 Å². The Balaban J connectivity index is 0.000000379. The minimum atomic E-state index is -1.62. The van der Waals surface area contributed by atoms with Crippen LogP contribution in [0.15, 0.2) is 0 Å². The zero-order valence-electron chi connectivity index (χ0n) is 48.4. The van der Waals surface area contributed by atoms with Crippen molar-refractivity contribution < 1.29 is 8.95 Å². The lowest BCUT2D eigenvalue weighted by Crippen LogP contribution is -2.27. The Labute approximate surface area is 430 Å². The highest BCUT2D eigenvalue weighted by molar-refractivity contribution is 8.00. The van der Waals surface area contributed by atoms with E-state index in [9.17, 15) is 4.21 Å². The van der Waals surface area contributed by atoms with Gasteiger partial charge in [-0.2, -0.15) is 0 Å². The fraction of sp³-hybridized carbons (Fsp3) is 0.984. The van der Waals surface area contributed by atoms with Crippen molar-refractivity contribution >= 4 is 15.4 Å². The Hall–Kier alpha value is -0.100. The summed E-state index contributed by atoms with van der Waals surface area (Å²) in [5, 5.41) is 6.67. The maximum Gasteiger partial charge on any atom is 0.0491 e. The van der Waals surface area contributed by atoms with Gasteiger partial charge in [-0.3, -0.25) is 4.21 Å². The maximum atomic E-state index is 11.2. The van der Waals surface area contributed by atoms with Crippen LogP contribution in [0.25, 0.3) is 0 Å². The standard InChI is InChI=1S/C7H14OS.3C7H14.2C6H13N.C6H12O.2C6H12.C5H10/c1-7-3-5-9(2,8)6-4-7;3*1-7-5-3-2-4-6-7;3*1-6-3-2-4-7-5-6;2*1-6-4-2-3-5-6;1-5-3-2-4-5/h7H,2-6H2,1H3;3*7H,2-6H2,1H3;2*6-7H,2-5H2,1H3;6H,2-5H2,1H3;2*6H,2-5H2,1H3;5H,2-4H2,1H3/t;;;;3*6-;;;/m....111.../s1. The summed E-state index contributed by atoms with van der Waals surface area (Å²) in [7, 11) is -1.62. The molecule has 0 aromatic carbocycles. The molecule has 0 bridgehead atoms. The Morgan fingerprint density at radius 3 is 0.721 bits per heavy atom. The molecule has 2 N–H and O–H groups in total. The topological polar surface area (TPSA) is 50.4 Å². The Morgan fingerprint density at radius 2 is 0.588 bits per heavy atom. The highest BCUT2D eigenvalue weighted by Gasteiger charge is 2.16. The molecule has 6 saturated carbocycles. The highest BCUT2D eigenvalue weighted by Crippen LogP contribution is 2.26. The van der Waals surface area contributed by atoms with Crippen molar-refractivity contribution in [3.8, 4) is 0 Å². The molecule has 68 heavy (non-hydrogen) atoms. The molecular weight excluding hydrogens is 849 g/mol. The number of piperidine rings is 2. The monoisotopic (exact) mass is 977 g/mol. The first-order valence-electron chi connectivity index (χ1n) is 31.0. The van der Waals surface area contributed by atoms with Crippen LogP contribution in [0.2, 0.25) is 0 Å². The molecule has 3 atom stereocenters. The fourth-order valence-electron chi connectivity index (χ4n) is 10.8. The third-order valence-electron chi connectivity index (χ3n) is 16.8. The van der Waals surface area contributed by atoms with Crippen molar-refractivity contribution in [2.75, 3.05) is 50.9 Å². The first-order chi connectivity index (χ1) is 32.6. The van der Waals surface area contributed by atoms with E-state index >= 15 is 0 Å². The second-order valence-corrected chi connectivity index (χ2v) is 28.1. The van der Waals surface area contributed by atoms with E-state index < -0.39 is 9.52 Å². The largest absolute Gasteiger partial charge is 0.381 e. The van der Waals surface area contributed by atoms with Gasteiger partial charge in [0.05, 0.1) is 0 Å². The molecule has 0 amide bonds. The second kappa shape index (κ2) is 44.4. The molecule has 10 rings (SSSR count). The summed E-state index contributed by atoms with van der Waals surface area (Å²) in [5.74, 6) is 15.1. The molecule has 4 aliphatic heterocycles. The minimum absolute atomic E-state index is 0.779. The first-order valence-corrected chi connectivity index (χ1v) is 33.0. The van der Waals surface area contributed by atoms with Gasteiger partial charge in [-0.1, -0.05) is 236 Å². The molecule has 408 valence electrons. The molecule has 0 aromatic rings. The van der Waals surface area contributed by atoms with Gasteiger partial charge in [0.1, 0.15) is 0 Å².